The highest BCUT2D eigenvalue weighted by Gasteiger charge is 2.17. The molecule has 1 rings (SSSR count). The fourth-order valence-corrected chi connectivity index (χ4v) is 2.50. The van der Waals surface area contributed by atoms with E-state index in [1.54, 1.807) is 4.68 Å². The molecule has 1 atom stereocenters. The highest BCUT2D eigenvalue weighted by atomic mass is 35.5. The number of likely N-dealkylation sites (N-methyl/N-ethyl adjacent to an activating group) is 1. The summed E-state index contributed by atoms with van der Waals surface area (Å²) in [5.41, 5.74) is 2.23. The summed E-state index contributed by atoms with van der Waals surface area (Å²) < 4.78 is 1.75. The van der Waals surface area contributed by atoms with Crippen molar-refractivity contribution in [3.8, 4) is 0 Å². The lowest BCUT2D eigenvalue weighted by molar-refractivity contribution is 0.423. The van der Waals surface area contributed by atoms with Crippen LogP contribution in [0.1, 0.15) is 38.4 Å². The molecule has 0 aromatic carbocycles. The van der Waals surface area contributed by atoms with Crippen LogP contribution < -0.4 is 5.32 Å². The van der Waals surface area contributed by atoms with Gasteiger partial charge < -0.3 is 5.32 Å². The highest BCUT2D eigenvalue weighted by Crippen LogP contribution is 2.22. The van der Waals surface area contributed by atoms with Crippen molar-refractivity contribution < 1.29 is 0 Å². The molecule has 0 saturated carbocycles. The van der Waals surface area contributed by atoms with Gasteiger partial charge in [-0.05, 0) is 32.2 Å². The third-order valence-electron chi connectivity index (χ3n) is 2.97. The molecule has 0 aliphatic carbocycles. The van der Waals surface area contributed by atoms with Crippen LogP contribution >= 0.6 is 11.6 Å². The van der Waals surface area contributed by atoms with E-state index in [0.29, 0.717) is 12.0 Å². The monoisotopic (exact) mass is 257 g/mol. The van der Waals surface area contributed by atoms with E-state index in [0.717, 1.165) is 23.8 Å². The van der Waals surface area contributed by atoms with Gasteiger partial charge in [0, 0.05) is 18.7 Å². The second-order valence-electron chi connectivity index (χ2n) is 5.07. The molecule has 0 aliphatic rings. The van der Waals surface area contributed by atoms with Crippen molar-refractivity contribution in [3.05, 3.63) is 16.4 Å². The number of hydrogen-bond acceptors (Lipinski definition) is 2. The minimum Gasteiger partial charge on any atom is -0.314 e. The fraction of sp³-hybridized carbons (Fsp3) is 0.769. The zero-order chi connectivity index (χ0) is 13.0. The Balaban J connectivity index is 2.78. The lowest BCUT2D eigenvalue weighted by atomic mass is 9.97. The molecule has 1 N–H and O–H groups in total. The van der Waals surface area contributed by atoms with Crippen molar-refractivity contribution in [3.63, 3.8) is 0 Å². The number of aromatic nitrogens is 2. The quantitative estimate of drug-likeness (QED) is 0.849. The lowest BCUT2D eigenvalue weighted by Gasteiger charge is -2.19. The Kier molecular flexibility index (Phi) is 5.47. The Morgan fingerprint density at radius 3 is 2.47 bits per heavy atom. The number of hydrogen-bond donors (Lipinski definition) is 1. The molecule has 0 bridgehead atoms. The van der Waals surface area contributed by atoms with Crippen molar-refractivity contribution >= 4 is 11.6 Å². The summed E-state index contributed by atoms with van der Waals surface area (Å²) in [5, 5.41) is 8.66. The van der Waals surface area contributed by atoms with E-state index in [2.05, 4.69) is 31.2 Å². The van der Waals surface area contributed by atoms with Gasteiger partial charge in [0.1, 0.15) is 5.15 Å². The average Bonchev–Trinajstić information content (AvgIpc) is 2.44. The van der Waals surface area contributed by atoms with E-state index in [4.69, 9.17) is 11.6 Å². The summed E-state index contributed by atoms with van der Waals surface area (Å²) in [7, 11) is 1.89. The number of nitrogens with one attached hydrogen (secondary N) is 1. The van der Waals surface area contributed by atoms with Crippen LogP contribution in [0.4, 0.5) is 0 Å². The predicted octanol–water partition coefficient (Wildman–Crippen LogP) is 2.95. The van der Waals surface area contributed by atoms with Gasteiger partial charge in [-0.2, -0.15) is 5.10 Å². The SMILES string of the molecule is CCNC(Cc1c(C)nn(C)c1Cl)CC(C)C. The van der Waals surface area contributed by atoms with Crippen molar-refractivity contribution in [1.29, 1.82) is 0 Å². The van der Waals surface area contributed by atoms with E-state index in [1.165, 1.54) is 12.0 Å². The van der Waals surface area contributed by atoms with Crippen LogP contribution in [0, 0.1) is 12.8 Å². The molecule has 0 spiro atoms. The van der Waals surface area contributed by atoms with Gasteiger partial charge in [0.05, 0.1) is 5.69 Å². The molecule has 1 aromatic heterocycles. The van der Waals surface area contributed by atoms with E-state index in [-0.39, 0.29) is 0 Å². The third kappa shape index (κ3) is 4.00. The largest absolute Gasteiger partial charge is 0.314 e. The number of halogens is 1. The maximum absolute atomic E-state index is 6.27. The Hall–Kier alpha value is -0.540. The van der Waals surface area contributed by atoms with Gasteiger partial charge in [-0.15, -0.1) is 0 Å². The first-order chi connectivity index (χ1) is 7.95. The maximum atomic E-state index is 6.27. The zero-order valence-electron chi connectivity index (χ0n) is 11.5. The van der Waals surface area contributed by atoms with Gasteiger partial charge in [0.2, 0.25) is 0 Å². The minimum atomic E-state index is 0.486. The van der Waals surface area contributed by atoms with Gasteiger partial charge in [-0.3, -0.25) is 4.68 Å². The summed E-state index contributed by atoms with van der Waals surface area (Å²) in [6.45, 7) is 9.67. The van der Waals surface area contributed by atoms with Crippen molar-refractivity contribution in [1.82, 2.24) is 15.1 Å². The first-order valence-corrected chi connectivity index (χ1v) is 6.74. The molecule has 0 radical (unpaired) electrons. The standard InChI is InChI=1S/C13H24ClN3/c1-6-15-11(7-9(2)3)8-12-10(4)16-17(5)13(12)14/h9,11,15H,6-8H2,1-5H3. The van der Waals surface area contributed by atoms with Crippen LogP contribution in [-0.2, 0) is 13.5 Å². The van der Waals surface area contributed by atoms with Crippen LogP contribution in [0.25, 0.3) is 0 Å². The van der Waals surface area contributed by atoms with Gasteiger partial charge >= 0.3 is 0 Å². The molecule has 0 fully saturated rings. The van der Waals surface area contributed by atoms with Crippen molar-refractivity contribution in [2.75, 3.05) is 6.54 Å². The van der Waals surface area contributed by atoms with Crippen LogP contribution in [0.5, 0.6) is 0 Å². The second kappa shape index (κ2) is 6.41. The normalized spacial score (nSPS) is 13.4. The summed E-state index contributed by atoms with van der Waals surface area (Å²) in [4.78, 5) is 0. The Morgan fingerprint density at radius 2 is 2.06 bits per heavy atom. The summed E-state index contributed by atoms with van der Waals surface area (Å²) >= 11 is 6.27. The van der Waals surface area contributed by atoms with Crippen LogP contribution in [0.2, 0.25) is 5.15 Å². The summed E-state index contributed by atoms with van der Waals surface area (Å²) in [6.07, 6.45) is 2.13. The first kappa shape index (κ1) is 14.5. The number of aryl methyl sites for hydroxylation is 2. The molecule has 1 heterocycles. The molecule has 17 heavy (non-hydrogen) atoms. The highest BCUT2D eigenvalue weighted by molar-refractivity contribution is 6.30. The summed E-state index contributed by atoms with van der Waals surface area (Å²) in [6, 6.07) is 0.486. The van der Waals surface area contributed by atoms with Gasteiger partial charge in [-0.1, -0.05) is 32.4 Å². The van der Waals surface area contributed by atoms with E-state index >= 15 is 0 Å². The number of nitrogens with zero attached hydrogens (tertiary/aromatic N) is 2. The molecule has 98 valence electrons. The Labute approximate surface area is 110 Å². The molecule has 4 heteroatoms. The molecule has 0 aliphatic heterocycles. The fourth-order valence-electron chi connectivity index (χ4n) is 2.25. The zero-order valence-corrected chi connectivity index (χ0v) is 12.3. The number of rotatable bonds is 6. The predicted molar refractivity (Wildman–Crippen MR) is 73.6 cm³/mol. The molecular weight excluding hydrogens is 234 g/mol. The lowest BCUT2D eigenvalue weighted by Crippen LogP contribution is -2.32. The second-order valence-corrected chi connectivity index (χ2v) is 5.42. The smallest absolute Gasteiger partial charge is 0.130 e. The molecular formula is C13H24ClN3. The van der Waals surface area contributed by atoms with Gasteiger partial charge in [0.25, 0.3) is 0 Å². The van der Waals surface area contributed by atoms with Gasteiger partial charge in [-0.25, -0.2) is 0 Å². The van der Waals surface area contributed by atoms with Crippen molar-refractivity contribution in [2.24, 2.45) is 13.0 Å². The van der Waals surface area contributed by atoms with E-state index in [9.17, 15) is 0 Å². The third-order valence-corrected chi connectivity index (χ3v) is 3.44. The minimum absolute atomic E-state index is 0.486. The maximum Gasteiger partial charge on any atom is 0.130 e. The van der Waals surface area contributed by atoms with E-state index < -0.39 is 0 Å². The summed E-state index contributed by atoms with van der Waals surface area (Å²) in [5.74, 6) is 0.690. The molecule has 1 aromatic rings. The average molecular weight is 258 g/mol. The molecule has 1 unspecified atom stereocenters. The molecule has 3 nitrogen and oxygen atoms in total. The van der Waals surface area contributed by atoms with Crippen LogP contribution in [0.3, 0.4) is 0 Å². The Morgan fingerprint density at radius 1 is 1.41 bits per heavy atom. The molecule has 0 saturated heterocycles. The molecule has 0 amide bonds. The Bertz CT molecular complexity index is 358. The van der Waals surface area contributed by atoms with Crippen LogP contribution in [0.15, 0.2) is 0 Å². The first-order valence-electron chi connectivity index (χ1n) is 6.37. The van der Waals surface area contributed by atoms with Crippen molar-refractivity contribution in [2.45, 2.75) is 46.6 Å². The van der Waals surface area contributed by atoms with E-state index in [1.807, 2.05) is 14.0 Å². The van der Waals surface area contributed by atoms with Crippen LogP contribution in [-0.4, -0.2) is 22.4 Å². The van der Waals surface area contributed by atoms with Gasteiger partial charge in [0.15, 0.2) is 0 Å². The topological polar surface area (TPSA) is 29.9 Å².